The first kappa shape index (κ1) is 22.9. The van der Waals surface area contributed by atoms with E-state index in [1.807, 2.05) is 37.3 Å². The number of nitrogens with one attached hydrogen (secondary N) is 4. The van der Waals surface area contributed by atoms with Gasteiger partial charge in [-0.15, -0.1) is 0 Å². The Bertz CT molecular complexity index is 1580. The summed E-state index contributed by atoms with van der Waals surface area (Å²) < 4.78 is 13.2. The molecule has 5 aromatic rings. The van der Waals surface area contributed by atoms with Crippen molar-refractivity contribution < 1.29 is 9.18 Å². The van der Waals surface area contributed by atoms with Crippen molar-refractivity contribution in [2.45, 2.75) is 19.5 Å². The lowest BCUT2D eigenvalue weighted by Crippen LogP contribution is -2.28. The molecule has 0 radical (unpaired) electrons. The van der Waals surface area contributed by atoms with Crippen LogP contribution in [0.15, 0.2) is 78.0 Å². The minimum Gasteiger partial charge on any atom is -0.364 e. The molecular formula is C26H22FN7O2. The Morgan fingerprint density at radius 2 is 1.72 bits per heavy atom. The first-order valence-electron chi connectivity index (χ1n) is 11.2. The van der Waals surface area contributed by atoms with E-state index in [0.717, 1.165) is 22.3 Å². The van der Waals surface area contributed by atoms with Crippen molar-refractivity contribution in [3.63, 3.8) is 0 Å². The third kappa shape index (κ3) is 4.97. The summed E-state index contributed by atoms with van der Waals surface area (Å²) in [6, 6.07) is 15.3. The van der Waals surface area contributed by atoms with Crippen LogP contribution in [0.4, 0.5) is 10.2 Å². The van der Waals surface area contributed by atoms with Gasteiger partial charge < -0.3 is 15.6 Å². The van der Waals surface area contributed by atoms with Gasteiger partial charge in [-0.3, -0.25) is 9.78 Å². The number of carbonyl (C=O) groups is 1. The second-order valence-corrected chi connectivity index (χ2v) is 8.25. The number of rotatable bonds is 7. The lowest BCUT2D eigenvalue weighted by atomic mass is 10.1. The number of benzene rings is 2. The fourth-order valence-corrected chi connectivity index (χ4v) is 3.81. The lowest BCUT2D eigenvalue weighted by molar-refractivity contribution is 0.0935. The number of nitrogens with zero attached hydrogens (tertiary/aromatic N) is 3. The average Bonchev–Trinajstić information content (AvgIpc) is 3.27. The first-order valence-corrected chi connectivity index (χ1v) is 11.2. The molecular weight excluding hydrogens is 461 g/mol. The van der Waals surface area contributed by atoms with Crippen LogP contribution in [0.2, 0.25) is 0 Å². The van der Waals surface area contributed by atoms with Gasteiger partial charge in [0.05, 0.1) is 11.6 Å². The van der Waals surface area contributed by atoms with Gasteiger partial charge in [-0.2, -0.15) is 0 Å². The summed E-state index contributed by atoms with van der Waals surface area (Å²) in [6.07, 6.45) is 4.68. The molecule has 0 aliphatic rings. The van der Waals surface area contributed by atoms with Gasteiger partial charge in [-0.05, 0) is 41.8 Å². The predicted molar refractivity (Wildman–Crippen MR) is 134 cm³/mol. The molecule has 4 N–H and O–H groups in total. The number of hydrogen-bond donors (Lipinski definition) is 4. The first-order chi connectivity index (χ1) is 17.5. The number of hydrogen-bond acceptors (Lipinski definition) is 6. The van der Waals surface area contributed by atoms with Crippen LogP contribution in [0.5, 0.6) is 0 Å². The molecule has 1 amide bonds. The van der Waals surface area contributed by atoms with Crippen LogP contribution in [0.3, 0.4) is 0 Å². The number of aromatic amines is 2. The van der Waals surface area contributed by atoms with Gasteiger partial charge in [0.25, 0.3) is 5.91 Å². The molecule has 3 aromatic heterocycles. The largest absolute Gasteiger partial charge is 0.364 e. The highest BCUT2D eigenvalue weighted by molar-refractivity contribution is 5.96. The maximum Gasteiger partial charge on any atom is 0.325 e. The van der Waals surface area contributed by atoms with E-state index in [9.17, 15) is 14.0 Å². The fraction of sp³-hybridized carbons (Fsp3) is 0.115. The van der Waals surface area contributed by atoms with Crippen molar-refractivity contribution in [1.29, 1.82) is 0 Å². The predicted octanol–water partition coefficient (Wildman–Crippen LogP) is 3.95. The maximum absolute atomic E-state index is 13.2. The van der Waals surface area contributed by atoms with Gasteiger partial charge in [0.2, 0.25) is 0 Å². The summed E-state index contributed by atoms with van der Waals surface area (Å²) in [5.74, 6) is -0.361. The van der Waals surface area contributed by atoms with Crippen LogP contribution in [-0.2, 0) is 6.54 Å². The number of pyridine rings is 1. The number of imidazole rings is 1. The summed E-state index contributed by atoms with van der Waals surface area (Å²) in [5.41, 5.74) is 4.61. The number of aromatic nitrogens is 5. The van der Waals surface area contributed by atoms with Crippen LogP contribution in [0, 0.1) is 5.82 Å². The molecule has 0 aliphatic carbocycles. The summed E-state index contributed by atoms with van der Waals surface area (Å²) >= 11 is 0. The van der Waals surface area contributed by atoms with E-state index in [1.54, 1.807) is 18.3 Å². The van der Waals surface area contributed by atoms with Gasteiger partial charge in [0.1, 0.15) is 5.82 Å². The van der Waals surface area contributed by atoms with Gasteiger partial charge in [0.15, 0.2) is 17.2 Å². The smallest absolute Gasteiger partial charge is 0.325 e. The van der Waals surface area contributed by atoms with E-state index in [0.29, 0.717) is 23.5 Å². The van der Waals surface area contributed by atoms with E-state index >= 15 is 0 Å². The molecule has 0 bridgehead atoms. The molecule has 180 valence electrons. The molecule has 10 heteroatoms. The monoisotopic (exact) mass is 483 g/mol. The van der Waals surface area contributed by atoms with Crippen molar-refractivity contribution in [2.24, 2.45) is 0 Å². The number of anilines is 1. The highest BCUT2D eigenvalue weighted by Gasteiger charge is 2.17. The fourth-order valence-electron chi connectivity index (χ4n) is 3.81. The van der Waals surface area contributed by atoms with E-state index in [4.69, 9.17) is 0 Å². The summed E-state index contributed by atoms with van der Waals surface area (Å²) in [7, 11) is 0. The number of H-pyrrole nitrogens is 2. The Morgan fingerprint density at radius 3 is 2.50 bits per heavy atom. The molecule has 9 nitrogen and oxygen atoms in total. The van der Waals surface area contributed by atoms with Crippen LogP contribution in [0.1, 0.15) is 34.6 Å². The van der Waals surface area contributed by atoms with Gasteiger partial charge in [-0.25, -0.2) is 24.1 Å². The SMILES string of the molecule is CC(NC(=O)c1nccnc1NCc1ccc(-c2cnc3[nH]c(=O)[nH]c3c2)cc1)c1ccc(F)cc1. The molecule has 0 aliphatic heterocycles. The normalized spacial score (nSPS) is 11.8. The molecule has 0 fully saturated rings. The topological polar surface area (TPSA) is 128 Å². The second-order valence-electron chi connectivity index (χ2n) is 8.25. The number of amides is 1. The Balaban J connectivity index is 1.26. The van der Waals surface area contributed by atoms with Crippen molar-refractivity contribution in [3.05, 3.63) is 106 Å². The Morgan fingerprint density at radius 1 is 0.972 bits per heavy atom. The minimum atomic E-state index is -0.386. The van der Waals surface area contributed by atoms with Crippen LogP contribution >= 0.6 is 0 Å². The summed E-state index contributed by atoms with van der Waals surface area (Å²) in [5, 5.41) is 6.05. The third-order valence-electron chi connectivity index (χ3n) is 5.75. The van der Waals surface area contributed by atoms with Crippen molar-refractivity contribution >= 4 is 22.9 Å². The molecule has 36 heavy (non-hydrogen) atoms. The maximum atomic E-state index is 13.2. The lowest BCUT2D eigenvalue weighted by Gasteiger charge is -2.15. The molecule has 5 rings (SSSR count). The number of halogens is 1. The molecule has 0 saturated carbocycles. The van der Waals surface area contributed by atoms with E-state index in [1.165, 1.54) is 24.5 Å². The Kier molecular flexibility index (Phi) is 6.23. The molecule has 1 unspecified atom stereocenters. The van der Waals surface area contributed by atoms with Gasteiger partial charge in [0, 0.05) is 30.7 Å². The Labute approximate surface area is 204 Å². The van der Waals surface area contributed by atoms with Gasteiger partial charge >= 0.3 is 5.69 Å². The van der Waals surface area contributed by atoms with Crippen molar-refractivity contribution in [1.82, 2.24) is 30.2 Å². The zero-order valence-corrected chi connectivity index (χ0v) is 19.2. The minimum absolute atomic E-state index is 0.169. The molecule has 3 heterocycles. The van der Waals surface area contributed by atoms with E-state index < -0.39 is 0 Å². The van der Waals surface area contributed by atoms with E-state index in [2.05, 4.69) is 35.6 Å². The van der Waals surface area contributed by atoms with E-state index in [-0.39, 0.29) is 29.1 Å². The molecule has 0 spiro atoms. The number of fused-ring (bicyclic) bond motifs is 1. The van der Waals surface area contributed by atoms with Crippen LogP contribution in [-0.4, -0.2) is 30.8 Å². The molecule has 1 atom stereocenters. The highest BCUT2D eigenvalue weighted by atomic mass is 19.1. The van der Waals surface area contributed by atoms with Crippen molar-refractivity contribution in [3.8, 4) is 11.1 Å². The average molecular weight is 484 g/mol. The second kappa shape index (κ2) is 9.79. The highest BCUT2D eigenvalue weighted by Crippen LogP contribution is 2.22. The quantitative estimate of drug-likeness (QED) is 0.278. The summed E-state index contributed by atoms with van der Waals surface area (Å²) in [4.78, 5) is 42.4. The zero-order valence-electron chi connectivity index (χ0n) is 19.2. The standard InChI is InChI=1S/C26H22FN7O2/c1-15(17-6-8-20(27)9-7-17)32-25(35)22-24(29-11-10-28-22)30-13-16-2-4-18(5-3-16)19-12-21-23(31-14-19)34-26(36)33-21/h2-12,14-15H,13H2,1H3,(H,29,30)(H,32,35)(H2,31,33,34,36). The third-order valence-corrected chi connectivity index (χ3v) is 5.75. The zero-order chi connectivity index (χ0) is 25.1. The van der Waals surface area contributed by atoms with Crippen molar-refractivity contribution in [2.75, 3.05) is 5.32 Å². The number of carbonyl (C=O) groups excluding carboxylic acids is 1. The van der Waals surface area contributed by atoms with Crippen LogP contribution < -0.4 is 16.3 Å². The summed E-state index contributed by atoms with van der Waals surface area (Å²) in [6.45, 7) is 2.24. The van der Waals surface area contributed by atoms with Gasteiger partial charge in [-0.1, -0.05) is 36.4 Å². The van der Waals surface area contributed by atoms with Crippen LogP contribution in [0.25, 0.3) is 22.3 Å². The Hall–Kier alpha value is -4.86. The molecule has 0 saturated heterocycles. The molecule has 2 aromatic carbocycles.